The Kier molecular flexibility index (Phi) is 6.63. The van der Waals surface area contributed by atoms with Gasteiger partial charge >= 0.3 is 0 Å². The van der Waals surface area contributed by atoms with Gasteiger partial charge in [0.15, 0.2) is 11.5 Å². The van der Waals surface area contributed by atoms with Gasteiger partial charge in [0.2, 0.25) is 5.75 Å². The molecule has 1 amide bonds. The fourth-order valence-corrected chi connectivity index (χ4v) is 3.85. The Hall–Kier alpha value is -4.13. The van der Waals surface area contributed by atoms with Crippen molar-refractivity contribution >= 4 is 16.8 Å². The molecule has 6 nitrogen and oxygen atoms in total. The first-order valence-electron chi connectivity index (χ1n) is 10.7. The van der Waals surface area contributed by atoms with Gasteiger partial charge in [-0.05, 0) is 48.9 Å². The van der Waals surface area contributed by atoms with Gasteiger partial charge in [-0.3, -0.25) is 4.79 Å². The van der Waals surface area contributed by atoms with Crippen LogP contribution in [0.15, 0.2) is 66.7 Å². The SMILES string of the molecule is COc1cc(-c2cc(C(=O)N[C@H](C)c3ccc(F)cc3)c3ccccc3n2)cc(OC)c1OC. The Morgan fingerprint density at radius 2 is 1.56 bits per heavy atom. The van der Waals surface area contributed by atoms with Gasteiger partial charge in [0, 0.05) is 10.9 Å². The number of nitrogens with zero attached hydrogens (tertiary/aromatic N) is 1. The highest BCUT2D eigenvalue weighted by molar-refractivity contribution is 6.07. The average molecular weight is 461 g/mol. The maximum absolute atomic E-state index is 13.4. The number of aromatic nitrogens is 1. The molecule has 0 saturated carbocycles. The Bertz CT molecular complexity index is 1310. The van der Waals surface area contributed by atoms with E-state index in [9.17, 15) is 9.18 Å². The molecule has 0 saturated heterocycles. The third-order valence-electron chi connectivity index (χ3n) is 5.64. The minimum Gasteiger partial charge on any atom is -0.493 e. The summed E-state index contributed by atoms with van der Waals surface area (Å²) >= 11 is 0. The summed E-state index contributed by atoms with van der Waals surface area (Å²) in [6.07, 6.45) is 0. The lowest BCUT2D eigenvalue weighted by molar-refractivity contribution is 0.0941. The number of ether oxygens (including phenoxy) is 3. The molecule has 0 bridgehead atoms. The molecule has 174 valence electrons. The number of hydrogen-bond donors (Lipinski definition) is 1. The first-order valence-corrected chi connectivity index (χ1v) is 10.7. The van der Waals surface area contributed by atoms with Crippen molar-refractivity contribution in [2.24, 2.45) is 0 Å². The number of benzene rings is 3. The summed E-state index contributed by atoms with van der Waals surface area (Å²) in [7, 11) is 4.63. The molecule has 1 aromatic heterocycles. The van der Waals surface area contributed by atoms with Crippen molar-refractivity contribution < 1.29 is 23.4 Å². The van der Waals surface area contributed by atoms with Crippen molar-refractivity contribution in [2.45, 2.75) is 13.0 Å². The Morgan fingerprint density at radius 3 is 2.18 bits per heavy atom. The number of fused-ring (bicyclic) bond motifs is 1. The maximum Gasteiger partial charge on any atom is 0.252 e. The molecular formula is C27H25FN2O4. The number of rotatable bonds is 7. The molecule has 7 heteroatoms. The summed E-state index contributed by atoms with van der Waals surface area (Å²) in [5, 5.41) is 3.73. The van der Waals surface area contributed by atoms with Crippen LogP contribution in [0.4, 0.5) is 4.39 Å². The van der Waals surface area contributed by atoms with Crippen LogP contribution < -0.4 is 19.5 Å². The fraction of sp³-hybridized carbons (Fsp3) is 0.185. The van der Waals surface area contributed by atoms with E-state index < -0.39 is 0 Å². The van der Waals surface area contributed by atoms with Gasteiger partial charge in [-0.1, -0.05) is 30.3 Å². The lowest BCUT2D eigenvalue weighted by Crippen LogP contribution is -2.27. The Morgan fingerprint density at radius 1 is 0.912 bits per heavy atom. The van der Waals surface area contributed by atoms with Gasteiger partial charge < -0.3 is 19.5 Å². The second-order valence-corrected chi connectivity index (χ2v) is 7.73. The van der Waals surface area contributed by atoms with Crippen LogP contribution in [0.2, 0.25) is 0 Å². The minimum absolute atomic E-state index is 0.260. The number of halogens is 1. The summed E-state index contributed by atoms with van der Waals surface area (Å²) in [5.41, 5.74) is 3.24. The van der Waals surface area contributed by atoms with Crippen LogP contribution in [0.1, 0.15) is 28.9 Å². The van der Waals surface area contributed by atoms with Crippen LogP contribution in [0, 0.1) is 5.82 Å². The van der Waals surface area contributed by atoms with Crippen molar-refractivity contribution in [2.75, 3.05) is 21.3 Å². The normalized spacial score (nSPS) is 11.7. The molecule has 0 aliphatic heterocycles. The number of amides is 1. The van der Waals surface area contributed by atoms with Gasteiger partial charge in [0.25, 0.3) is 5.91 Å². The molecule has 0 fully saturated rings. The summed E-state index contributed by atoms with van der Waals surface area (Å²) in [6, 6.07) is 18.5. The number of carbonyl (C=O) groups is 1. The van der Waals surface area contributed by atoms with E-state index in [1.165, 1.54) is 12.1 Å². The first kappa shape index (κ1) is 23.0. The highest BCUT2D eigenvalue weighted by atomic mass is 19.1. The lowest BCUT2D eigenvalue weighted by atomic mass is 10.0. The minimum atomic E-state index is -0.322. The average Bonchev–Trinajstić information content (AvgIpc) is 2.87. The predicted octanol–water partition coefficient (Wildman–Crippen LogP) is 5.56. The zero-order chi connectivity index (χ0) is 24.2. The second kappa shape index (κ2) is 9.79. The van der Waals surface area contributed by atoms with Crippen LogP contribution in [0.3, 0.4) is 0 Å². The molecule has 0 aliphatic carbocycles. The quantitative estimate of drug-likeness (QED) is 0.391. The van der Waals surface area contributed by atoms with E-state index in [1.54, 1.807) is 51.7 Å². The highest BCUT2D eigenvalue weighted by Gasteiger charge is 2.19. The second-order valence-electron chi connectivity index (χ2n) is 7.73. The first-order chi connectivity index (χ1) is 16.4. The standard InChI is InChI=1S/C27H25FN2O4/c1-16(17-9-11-19(28)12-10-17)29-27(31)21-15-23(30-22-8-6-5-7-20(21)22)18-13-24(32-2)26(34-4)25(14-18)33-3/h5-16H,1-4H3,(H,29,31)/t16-/m1/s1. The van der Waals surface area contributed by atoms with Crippen molar-refractivity contribution in [3.8, 4) is 28.5 Å². The largest absolute Gasteiger partial charge is 0.493 e. The summed E-state index contributed by atoms with van der Waals surface area (Å²) < 4.78 is 29.7. The maximum atomic E-state index is 13.4. The molecule has 1 atom stereocenters. The summed E-state index contributed by atoms with van der Waals surface area (Å²) in [6.45, 7) is 1.86. The predicted molar refractivity (Wildman–Crippen MR) is 129 cm³/mol. The number of nitrogens with one attached hydrogen (secondary N) is 1. The van der Waals surface area contributed by atoms with Crippen LogP contribution >= 0.6 is 0 Å². The van der Waals surface area contributed by atoms with Gasteiger partial charge in [-0.2, -0.15) is 0 Å². The molecule has 4 rings (SSSR count). The van der Waals surface area contributed by atoms with Crippen LogP contribution in [-0.2, 0) is 0 Å². The van der Waals surface area contributed by atoms with E-state index in [0.29, 0.717) is 39.6 Å². The van der Waals surface area contributed by atoms with Gasteiger partial charge in [0.1, 0.15) is 5.82 Å². The van der Waals surface area contributed by atoms with E-state index >= 15 is 0 Å². The number of hydrogen-bond acceptors (Lipinski definition) is 5. The number of carbonyl (C=O) groups excluding carboxylic acids is 1. The van der Waals surface area contributed by atoms with E-state index in [2.05, 4.69) is 5.32 Å². The third kappa shape index (κ3) is 4.50. The van der Waals surface area contributed by atoms with Gasteiger partial charge in [-0.25, -0.2) is 9.37 Å². The molecule has 1 heterocycles. The zero-order valence-electron chi connectivity index (χ0n) is 19.4. The Labute approximate surface area is 197 Å². The zero-order valence-corrected chi connectivity index (χ0v) is 19.4. The van der Waals surface area contributed by atoms with Crippen molar-refractivity contribution in [1.82, 2.24) is 10.3 Å². The highest BCUT2D eigenvalue weighted by Crippen LogP contribution is 2.41. The summed E-state index contributed by atoms with van der Waals surface area (Å²) in [4.78, 5) is 18.1. The Balaban J connectivity index is 1.78. The smallest absolute Gasteiger partial charge is 0.252 e. The number of pyridine rings is 1. The van der Waals surface area contributed by atoms with Crippen molar-refractivity contribution in [3.63, 3.8) is 0 Å². The molecule has 0 aliphatic rings. The van der Waals surface area contributed by atoms with E-state index in [4.69, 9.17) is 19.2 Å². The van der Waals surface area contributed by atoms with Crippen LogP contribution in [0.25, 0.3) is 22.2 Å². The van der Waals surface area contributed by atoms with Gasteiger partial charge in [-0.15, -0.1) is 0 Å². The number of para-hydroxylation sites is 1. The van der Waals surface area contributed by atoms with Gasteiger partial charge in [0.05, 0.1) is 44.1 Å². The van der Waals surface area contributed by atoms with E-state index in [0.717, 1.165) is 10.9 Å². The van der Waals surface area contributed by atoms with E-state index in [-0.39, 0.29) is 17.8 Å². The lowest BCUT2D eigenvalue weighted by Gasteiger charge is -2.17. The third-order valence-corrected chi connectivity index (χ3v) is 5.64. The molecule has 0 unspecified atom stereocenters. The topological polar surface area (TPSA) is 69.7 Å². The fourth-order valence-electron chi connectivity index (χ4n) is 3.85. The molecule has 0 radical (unpaired) electrons. The molecule has 1 N–H and O–H groups in total. The molecular weight excluding hydrogens is 435 g/mol. The van der Waals surface area contributed by atoms with E-state index in [1.807, 2.05) is 31.2 Å². The molecule has 0 spiro atoms. The van der Waals surface area contributed by atoms with Crippen LogP contribution in [-0.4, -0.2) is 32.2 Å². The summed E-state index contributed by atoms with van der Waals surface area (Å²) in [5.74, 6) is 0.868. The molecule has 4 aromatic rings. The van der Waals surface area contributed by atoms with Crippen molar-refractivity contribution in [3.05, 3.63) is 83.7 Å². The molecule has 34 heavy (non-hydrogen) atoms. The number of methoxy groups -OCH3 is 3. The van der Waals surface area contributed by atoms with Crippen molar-refractivity contribution in [1.29, 1.82) is 0 Å². The monoisotopic (exact) mass is 460 g/mol. The van der Waals surface area contributed by atoms with Crippen LogP contribution in [0.5, 0.6) is 17.2 Å². The molecule has 3 aromatic carbocycles.